The van der Waals surface area contributed by atoms with Gasteiger partial charge in [0.15, 0.2) is 0 Å². The maximum Gasteiger partial charge on any atom is 0.220 e. The van der Waals surface area contributed by atoms with Crippen molar-refractivity contribution in [2.75, 3.05) is 6.54 Å². The molecule has 2 aromatic heterocycles. The van der Waals surface area contributed by atoms with Crippen molar-refractivity contribution in [3.63, 3.8) is 0 Å². The molecule has 0 saturated heterocycles. The van der Waals surface area contributed by atoms with Crippen molar-refractivity contribution in [2.45, 2.75) is 40.2 Å². The molecule has 5 heteroatoms. The molecule has 0 saturated carbocycles. The van der Waals surface area contributed by atoms with E-state index in [0.717, 1.165) is 29.9 Å². The molecular weight excluding hydrogens is 312 g/mol. The molecule has 5 nitrogen and oxygen atoms in total. The minimum absolute atomic E-state index is 0.102. The van der Waals surface area contributed by atoms with Crippen molar-refractivity contribution in [1.82, 2.24) is 20.1 Å². The van der Waals surface area contributed by atoms with Crippen LogP contribution in [0.2, 0.25) is 0 Å². The molecule has 132 valence electrons. The Hall–Kier alpha value is -2.56. The van der Waals surface area contributed by atoms with Gasteiger partial charge in [0.25, 0.3) is 0 Å². The first-order valence-corrected chi connectivity index (χ1v) is 8.85. The number of fused-ring (bicyclic) bond motifs is 1. The summed E-state index contributed by atoms with van der Waals surface area (Å²) in [6.45, 7) is 7.69. The Morgan fingerprint density at radius 2 is 2.12 bits per heavy atom. The third-order valence-electron chi connectivity index (χ3n) is 4.53. The van der Waals surface area contributed by atoms with Gasteiger partial charge in [0.1, 0.15) is 0 Å². The van der Waals surface area contributed by atoms with Gasteiger partial charge in [-0.1, -0.05) is 25.1 Å². The number of rotatable bonds is 7. The van der Waals surface area contributed by atoms with Gasteiger partial charge < -0.3 is 10.3 Å². The number of benzene rings is 1. The Morgan fingerprint density at radius 1 is 1.32 bits per heavy atom. The number of aryl methyl sites for hydroxylation is 3. The van der Waals surface area contributed by atoms with E-state index in [1.54, 1.807) is 0 Å². The van der Waals surface area contributed by atoms with Gasteiger partial charge in [-0.2, -0.15) is 5.10 Å². The minimum atomic E-state index is 0.102. The third kappa shape index (κ3) is 4.29. The number of hydrogen-bond acceptors (Lipinski definition) is 2. The van der Waals surface area contributed by atoms with Gasteiger partial charge in [0, 0.05) is 42.3 Å². The molecule has 0 aliphatic heterocycles. The molecule has 1 aromatic carbocycles. The van der Waals surface area contributed by atoms with Crippen LogP contribution in [-0.2, 0) is 17.8 Å². The van der Waals surface area contributed by atoms with E-state index in [4.69, 9.17) is 0 Å². The van der Waals surface area contributed by atoms with Crippen LogP contribution in [0.15, 0.2) is 36.5 Å². The lowest BCUT2D eigenvalue weighted by molar-refractivity contribution is -0.121. The van der Waals surface area contributed by atoms with E-state index >= 15 is 0 Å². The maximum absolute atomic E-state index is 12.2. The second-order valence-electron chi connectivity index (χ2n) is 6.88. The SMILES string of the molecule is Cc1cc(C)n(C[C@@H](C)CNC(=O)CCc2c[nH]c3ccccc23)n1. The molecule has 0 aliphatic carbocycles. The van der Waals surface area contributed by atoms with Crippen LogP contribution in [0, 0.1) is 19.8 Å². The van der Waals surface area contributed by atoms with Crippen LogP contribution in [0.1, 0.15) is 30.3 Å². The number of carbonyl (C=O) groups is 1. The summed E-state index contributed by atoms with van der Waals surface area (Å²) in [5, 5.41) is 8.73. The summed E-state index contributed by atoms with van der Waals surface area (Å²) in [6, 6.07) is 10.3. The van der Waals surface area contributed by atoms with Crippen molar-refractivity contribution in [2.24, 2.45) is 5.92 Å². The Bertz CT molecular complexity index is 862. The Kier molecular flexibility index (Phi) is 5.22. The van der Waals surface area contributed by atoms with Crippen molar-refractivity contribution in [1.29, 1.82) is 0 Å². The predicted molar refractivity (Wildman–Crippen MR) is 100 cm³/mol. The van der Waals surface area contributed by atoms with Gasteiger partial charge >= 0.3 is 0 Å². The van der Waals surface area contributed by atoms with Crippen molar-refractivity contribution >= 4 is 16.8 Å². The van der Waals surface area contributed by atoms with E-state index in [2.05, 4.69) is 47.4 Å². The zero-order valence-electron chi connectivity index (χ0n) is 15.2. The van der Waals surface area contributed by atoms with Crippen molar-refractivity contribution in [3.05, 3.63) is 53.5 Å². The van der Waals surface area contributed by atoms with E-state index in [1.165, 1.54) is 10.9 Å². The lowest BCUT2D eigenvalue weighted by atomic mass is 10.1. The molecule has 2 N–H and O–H groups in total. The van der Waals surface area contributed by atoms with Gasteiger partial charge in [0.05, 0.1) is 5.69 Å². The van der Waals surface area contributed by atoms with Crippen molar-refractivity contribution in [3.8, 4) is 0 Å². The smallest absolute Gasteiger partial charge is 0.220 e. The second kappa shape index (κ2) is 7.55. The highest BCUT2D eigenvalue weighted by atomic mass is 16.1. The summed E-state index contributed by atoms with van der Waals surface area (Å²) >= 11 is 0. The number of H-pyrrole nitrogens is 1. The first-order chi connectivity index (χ1) is 12.0. The van der Waals surface area contributed by atoms with Crippen LogP contribution >= 0.6 is 0 Å². The fourth-order valence-electron chi connectivity index (χ4n) is 3.18. The van der Waals surface area contributed by atoms with Crippen LogP contribution < -0.4 is 5.32 Å². The molecule has 3 aromatic rings. The summed E-state index contributed by atoms with van der Waals surface area (Å²) in [7, 11) is 0. The number of nitrogens with one attached hydrogen (secondary N) is 2. The van der Waals surface area contributed by atoms with Crippen LogP contribution in [-0.4, -0.2) is 27.2 Å². The van der Waals surface area contributed by atoms with E-state index in [9.17, 15) is 4.79 Å². The van der Waals surface area contributed by atoms with E-state index < -0.39 is 0 Å². The summed E-state index contributed by atoms with van der Waals surface area (Å²) in [6.07, 6.45) is 3.26. The lowest BCUT2D eigenvalue weighted by Gasteiger charge is -2.14. The number of hydrogen-bond donors (Lipinski definition) is 2. The fraction of sp³-hybridized carbons (Fsp3) is 0.400. The van der Waals surface area contributed by atoms with Gasteiger partial charge in [-0.3, -0.25) is 9.48 Å². The quantitative estimate of drug-likeness (QED) is 0.694. The standard InChI is InChI=1S/C20H26N4O/c1-14(13-24-16(3)10-15(2)23-24)11-22-20(25)9-8-17-12-21-19-7-5-4-6-18(17)19/h4-7,10,12,14,21H,8-9,11,13H2,1-3H3,(H,22,25)/t14-/m0/s1. The predicted octanol–water partition coefficient (Wildman–Crippen LogP) is 3.37. The van der Waals surface area contributed by atoms with Crippen LogP contribution in [0.3, 0.4) is 0 Å². The average molecular weight is 338 g/mol. The van der Waals surface area contributed by atoms with E-state index in [-0.39, 0.29) is 5.91 Å². The third-order valence-corrected chi connectivity index (χ3v) is 4.53. The summed E-state index contributed by atoms with van der Waals surface area (Å²) in [5.41, 5.74) is 4.51. The molecule has 1 amide bonds. The molecule has 0 radical (unpaired) electrons. The average Bonchev–Trinajstić information content (AvgIpc) is 3.14. The topological polar surface area (TPSA) is 62.7 Å². The molecule has 0 spiro atoms. The van der Waals surface area contributed by atoms with Crippen LogP contribution in [0.5, 0.6) is 0 Å². The zero-order chi connectivity index (χ0) is 17.8. The van der Waals surface area contributed by atoms with Gasteiger partial charge in [-0.05, 0) is 43.9 Å². The molecule has 0 aliphatic rings. The number of aromatic amines is 1. The number of para-hydroxylation sites is 1. The molecule has 2 heterocycles. The zero-order valence-corrected chi connectivity index (χ0v) is 15.2. The maximum atomic E-state index is 12.2. The normalized spacial score (nSPS) is 12.4. The molecule has 0 unspecified atom stereocenters. The lowest BCUT2D eigenvalue weighted by Crippen LogP contribution is -2.30. The Balaban J connectivity index is 1.45. The van der Waals surface area contributed by atoms with Gasteiger partial charge in [-0.15, -0.1) is 0 Å². The van der Waals surface area contributed by atoms with Gasteiger partial charge in [-0.25, -0.2) is 0 Å². The Morgan fingerprint density at radius 3 is 2.88 bits per heavy atom. The van der Waals surface area contributed by atoms with Crippen molar-refractivity contribution < 1.29 is 4.79 Å². The molecule has 3 rings (SSSR count). The number of aromatic nitrogens is 3. The Labute approximate surface area is 148 Å². The fourth-order valence-corrected chi connectivity index (χ4v) is 3.18. The van der Waals surface area contributed by atoms with Gasteiger partial charge in [0.2, 0.25) is 5.91 Å². The highest BCUT2D eigenvalue weighted by Gasteiger charge is 2.10. The summed E-state index contributed by atoms with van der Waals surface area (Å²) < 4.78 is 2.01. The molecule has 0 fully saturated rings. The second-order valence-corrected chi connectivity index (χ2v) is 6.88. The van der Waals surface area contributed by atoms with Crippen LogP contribution in [0.25, 0.3) is 10.9 Å². The highest BCUT2D eigenvalue weighted by molar-refractivity contribution is 5.84. The molecule has 1 atom stereocenters. The number of carbonyl (C=O) groups excluding carboxylic acids is 1. The number of nitrogens with zero attached hydrogens (tertiary/aromatic N) is 2. The van der Waals surface area contributed by atoms with E-state index in [1.807, 2.05) is 29.9 Å². The minimum Gasteiger partial charge on any atom is -0.361 e. The molecule has 0 bridgehead atoms. The van der Waals surface area contributed by atoms with E-state index in [0.29, 0.717) is 18.9 Å². The molecule has 25 heavy (non-hydrogen) atoms. The first kappa shape index (κ1) is 17.3. The number of amides is 1. The summed E-state index contributed by atoms with van der Waals surface area (Å²) in [4.78, 5) is 15.4. The first-order valence-electron chi connectivity index (χ1n) is 8.85. The monoisotopic (exact) mass is 338 g/mol. The van der Waals surface area contributed by atoms with Crippen LogP contribution in [0.4, 0.5) is 0 Å². The molecular formula is C20H26N4O. The largest absolute Gasteiger partial charge is 0.361 e. The summed E-state index contributed by atoms with van der Waals surface area (Å²) in [5.74, 6) is 0.445. The highest BCUT2D eigenvalue weighted by Crippen LogP contribution is 2.18.